The van der Waals surface area contributed by atoms with Gasteiger partial charge >= 0.3 is 5.97 Å². The molecule has 0 saturated heterocycles. The zero-order valence-corrected chi connectivity index (χ0v) is 11.3. The van der Waals surface area contributed by atoms with Crippen LogP contribution in [0.2, 0.25) is 0 Å². The molecule has 1 aromatic rings. The molecule has 0 radical (unpaired) electrons. The van der Waals surface area contributed by atoms with E-state index in [9.17, 15) is 9.59 Å². The van der Waals surface area contributed by atoms with Gasteiger partial charge in [0.25, 0.3) is 5.91 Å². The Kier molecular flexibility index (Phi) is 3.50. The van der Waals surface area contributed by atoms with Crippen molar-refractivity contribution in [1.29, 1.82) is 0 Å². The van der Waals surface area contributed by atoms with Crippen LogP contribution in [0, 0.1) is 6.92 Å². The zero-order valence-electron chi connectivity index (χ0n) is 11.3. The van der Waals surface area contributed by atoms with E-state index in [-0.39, 0.29) is 5.91 Å². The fourth-order valence-corrected chi connectivity index (χ4v) is 1.85. The van der Waals surface area contributed by atoms with Crippen molar-refractivity contribution in [2.24, 2.45) is 0 Å². The summed E-state index contributed by atoms with van der Waals surface area (Å²) in [5.74, 6) is -0.421. The third kappa shape index (κ3) is 2.72. The average molecular weight is 263 g/mol. The Balaban J connectivity index is 2.30. The van der Waals surface area contributed by atoms with Gasteiger partial charge in [0, 0.05) is 19.2 Å². The first-order valence-corrected chi connectivity index (χ1v) is 6.25. The van der Waals surface area contributed by atoms with Gasteiger partial charge in [-0.05, 0) is 26.7 Å². The molecule has 102 valence electrons. The van der Waals surface area contributed by atoms with E-state index in [0.29, 0.717) is 17.3 Å². The second kappa shape index (κ2) is 4.95. The molecule has 1 fully saturated rings. The van der Waals surface area contributed by atoms with Gasteiger partial charge in [-0.1, -0.05) is 0 Å². The van der Waals surface area contributed by atoms with Crippen LogP contribution in [0.4, 0.5) is 0 Å². The topological polar surface area (TPSA) is 83.4 Å². The van der Waals surface area contributed by atoms with Crippen LogP contribution in [-0.4, -0.2) is 44.9 Å². The van der Waals surface area contributed by atoms with Crippen LogP contribution in [0.1, 0.15) is 47.6 Å². The number of carbonyl (C=O) groups excluding carboxylic acids is 1. The van der Waals surface area contributed by atoms with Crippen molar-refractivity contribution in [2.45, 2.75) is 38.6 Å². The van der Waals surface area contributed by atoms with E-state index in [1.165, 1.54) is 25.1 Å². The average Bonchev–Trinajstić information content (AvgIpc) is 3.20. The van der Waals surface area contributed by atoms with Gasteiger partial charge in [0.2, 0.25) is 0 Å². The first-order valence-electron chi connectivity index (χ1n) is 6.25. The highest BCUT2D eigenvalue weighted by atomic mass is 16.4. The summed E-state index contributed by atoms with van der Waals surface area (Å²) in [5.41, 5.74) is 1.17. The van der Waals surface area contributed by atoms with Crippen molar-refractivity contribution in [3.05, 3.63) is 23.3 Å². The quantitative estimate of drug-likeness (QED) is 0.882. The third-order valence-electron chi connectivity index (χ3n) is 3.39. The van der Waals surface area contributed by atoms with Crippen LogP contribution in [0.5, 0.6) is 0 Å². The lowest BCUT2D eigenvalue weighted by Gasteiger charge is -2.22. The fraction of sp³-hybridized carbons (Fsp3) is 0.538. The maximum Gasteiger partial charge on any atom is 0.326 e. The number of hydrogen-bond acceptors (Lipinski definition) is 4. The molecule has 0 spiro atoms. The Morgan fingerprint density at radius 3 is 2.63 bits per heavy atom. The van der Waals surface area contributed by atoms with Crippen LogP contribution in [0.25, 0.3) is 0 Å². The first-order chi connectivity index (χ1) is 8.91. The van der Waals surface area contributed by atoms with E-state index < -0.39 is 12.0 Å². The number of carbonyl (C=O) groups is 2. The summed E-state index contributed by atoms with van der Waals surface area (Å²) < 4.78 is 0. The summed E-state index contributed by atoms with van der Waals surface area (Å²) >= 11 is 0. The van der Waals surface area contributed by atoms with Crippen molar-refractivity contribution in [3.63, 3.8) is 0 Å². The monoisotopic (exact) mass is 263 g/mol. The van der Waals surface area contributed by atoms with Crippen molar-refractivity contribution in [1.82, 2.24) is 14.9 Å². The number of likely N-dealkylation sites (N-methyl/N-ethyl adjacent to an activating group) is 1. The number of aromatic nitrogens is 2. The summed E-state index contributed by atoms with van der Waals surface area (Å²) in [7, 11) is 1.48. The van der Waals surface area contributed by atoms with Gasteiger partial charge in [0.15, 0.2) is 0 Å². The molecule has 1 heterocycles. The molecular formula is C13H17N3O3. The van der Waals surface area contributed by atoms with Crippen molar-refractivity contribution in [2.75, 3.05) is 7.05 Å². The number of rotatable bonds is 4. The lowest BCUT2D eigenvalue weighted by Crippen LogP contribution is -2.40. The van der Waals surface area contributed by atoms with Crippen LogP contribution in [-0.2, 0) is 4.79 Å². The molecule has 1 N–H and O–H groups in total. The van der Waals surface area contributed by atoms with Gasteiger partial charge in [-0.3, -0.25) is 4.79 Å². The number of nitrogens with zero attached hydrogens (tertiary/aromatic N) is 3. The van der Waals surface area contributed by atoms with Gasteiger partial charge in [0.1, 0.15) is 11.9 Å². The normalized spacial score (nSPS) is 15.9. The molecule has 1 saturated carbocycles. The highest BCUT2D eigenvalue weighted by Gasteiger charge is 2.32. The lowest BCUT2D eigenvalue weighted by molar-refractivity contribution is -0.141. The van der Waals surface area contributed by atoms with Gasteiger partial charge in [-0.15, -0.1) is 0 Å². The molecule has 0 aliphatic heterocycles. The number of amides is 1. The molecule has 1 unspecified atom stereocenters. The van der Waals surface area contributed by atoms with E-state index in [1.807, 2.05) is 0 Å². The molecule has 1 atom stereocenters. The fourth-order valence-electron chi connectivity index (χ4n) is 1.85. The molecule has 1 aliphatic carbocycles. The largest absolute Gasteiger partial charge is 0.480 e. The van der Waals surface area contributed by atoms with Crippen LogP contribution >= 0.6 is 0 Å². The Labute approximate surface area is 111 Å². The number of aryl methyl sites for hydroxylation is 1. The molecule has 2 rings (SSSR count). The van der Waals surface area contributed by atoms with Crippen molar-refractivity contribution < 1.29 is 14.7 Å². The molecule has 1 aromatic heterocycles. The Morgan fingerprint density at radius 2 is 2.11 bits per heavy atom. The standard InChI is InChI=1S/C13H17N3O3/c1-7(13(18)19)16(3)12(17)10-6-14-8(2)15-11(10)9-4-5-9/h6-7,9H,4-5H2,1-3H3,(H,18,19). The third-order valence-corrected chi connectivity index (χ3v) is 3.39. The summed E-state index contributed by atoms with van der Waals surface area (Å²) in [5, 5.41) is 8.96. The molecular weight excluding hydrogens is 246 g/mol. The van der Waals surface area contributed by atoms with Gasteiger partial charge in [-0.2, -0.15) is 0 Å². The predicted octanol–water partition coefficient (Wildman–Crippen LogP) is 1.21. The van der Waals surface area contributed by atoms with Crippen molar-refractivity contribution >= 4 is 11.9 Å². The van der Waals surface area contributed by atoms with E-state index in [4.69, 9.17) is 5.11 Å². The first kappa shape index (κ1) is 13.5. The van der Waals surface area contributed by atoms with E-state index in [2.05, 4.69) is 9.97 Å². The lowest BCUT2D eigenvalue weighted by atomic mass is 10.1. The molecule has 0 bridgehead atoms. The van der Waals surface area contributed by atoms with Crippen molar-refractivity contribution in [3.8, 4) is 0 Å². The van der Waals surface area contributed by atoms with Crippen LogP contribution in [0.3, 0.4) is 0 Å². The predicted molar refractivity (Wildman–Crippen MR) is 67.9 cm³/mol. The van der Waals surface area contributed by atoms with Gasteiger partial charge < -0.3 is 10.0 Å². The van der Waals surface area contributed by atoms with Crippen LogP contribution in [0.15, 0.2) is 6.20 Å². The van der Waals surface area contributed by atoms with E-state index >= 15 is 0 Å². The van der Waals surface area contributed by atoms with E-state index in [1.54, 1.807) is 6.92 Å². The van der Waals surface area contributed by atoms with E-state index in [0.717, 1.165) is 18.5 Å². The summed E-state index contributed by atoms with van der Waals surface area (Å²) in [6.07, 6.45) is 3.55. The number of hydrogen-bond donors (Lipinski definition) is 1. The molecule has 1 amide bonds. The Hall–Kier alpha value is -1.98. The summed E-state index contributed by atoms with van der Waals surface area (Å²) in [6.45, 7) is 3.26. The summed E-state index contributed by atoms with van der Waals surface area (Å²) in [4.78, 5) is 32.9. The van der Waals surface area contributed by atoms with Gasteiger partial charge in [0.05, 0.1) is 11.3 Å². The zero-order chi connectivity index (χ0) is 14.2. The maximum atomic E-state index is 12.3. The SMILES string of the molecule is Cc1ncc(C(=O)N(C)C(C)C(=O)O)c(C2CC2)n1. The number of carboxylic acids is 1. The summed E-state index contributed by atoms with van der Waals surface area (Å²) in [6, 6.07) is -0.874. The van der Waals surface area contributed by atoms with Crippen LogP contribution < -0.4 is 0 Å². The number of carboxylic acid groups (broad SMARTS) is 1. The maximum absolute atomic E-state index is 12.3. The molecule has 6 heteroatoms. The molecule has 0 aromatic carbocycles. The second-order valence-corrected chi connectivity index (χ2v) is 4.92. The molecule has 19 heavy (non-hydrogen) atoms. The minimum atomic E-state index is -1.03. The number of aliphatic carboxylic acids is 1. The second-order valence-electron chi connectivity index (χ2n) is 4.92. The smallest absolute Gasteiger partial charge is 0.326 e. The minimum Gasteiger partial charge on any atom is -0.480 e. The Morgan fingerprint density at radius 1 is 1.47 bits per heavy atom. The van der Waals surface area contributed by atoms with Gasteiger partial charge in [-0.25, -0.2) is 14.8 Å². The molecule has 1 aliphatic rings. The Bertz CT molecular complexity index is 526. The minimum absolute atomic E-state index is 0.314. The highest BCUT2D eigenvalue weighted by molar-refractivity contribution is 5.97. The highest BCUT2D eigenvalue weighted by Crippen LogP contribution is 2.40. The molecule has 6 nitrogen and oxygen atoms in total.